The van der Waals surface area contributed by atoms with Crippen molar-refractivity contribution < 1.29 is 19.8 Å². The molecule has 5 nitrogen and oxygen atoms in total. The molecule has 0 saturated carbocycles. The molecule has 0 bridgehead atoms. The highest BCUT2D eigenvalue weighted by Crippen LogP contribution is 2.13. The smallest absolute Gasteiger partial charge is 0.317 e. The summed E-state index contributed by atoms with van der Waals surface area (Å²) in [5, 5.41) is 16.0. The monoisotopic (exact) mass is 229 g/mol. The summed E-state index contributed by atoms with van der Waals surface area (Å²) >= 11 is 1.05. The zero-order valence-corrected chi connectivity index (χ0v) is 8.44. The fourth-order valence-electron chi connectivity index (χ4n) is 0.586. The van der Waals surface area contributed by atoms with E-state index in [9.17, 15) is 9.59 Å². The van der Waals surface area contributed by atoms with Crippen LogP contribution in [-0.2, 0) is 9.59 Å². The highest BCUT2D eigenvalue weighted by molar-refractivity contribution is 8.00. The second-order valence-electron chi connectivity index (χ2n) is 2.08. The van der Waals surface area contributed by atoms with E-state index in [0.717, 1.165) is 11.8 Å². The van der Waals surface area contributed by atoms with E-state index in [4.69, 9.17) is 15.9 Å². The number of halogens is 1. The van der Waals surface area contributed by atoms with E-state index in [2.05, 4.69) is 0 Å². The Bertz CT molecular complexity index is 178. The highest BCUT2D eigenvalue weighted by atomic mass is 35.5. The molecule has 0 saturated heterocycles. The molecular formula is C6H12ClNO4S. The first-order valence-corrected chi connectivity index (χ1v) is 4.39. The third kappa shape index (κ3) is 7.89. The molecular weight excluding hydrogens is 218 g/mol. The lowest BCUT2D eigenvalue weighted by Gasteiger charge is -2.07. The molecule has 78 valence electrons. The van der Waals surface area contributed by atoms with E-state index in [0.29, 0.717) is 12.3 Å². The minimum atomic E-state index is -1.10. The molecule has 7 heteroatoms. The van der Waals surface area contributed by atoms with Gasteiger partial charge in [0.25, 0.3) is 0 Å². The third-order valence-electron chi connectivity index (χ3n) is 1.07. The predicted octanol–water partition coefficient (Wildman–Crippen LogP) is 0.0280. The van der Waals surface area contributed by atoms with Crippen molar-refractivity contribution in [2.45, 2.75) is 11.7 Å². The summed E-state index contributed by atoms with van der Waals surface area (Å²) in [6, 6.07) is 0. The second kappa shape index (κ2) is 8.15. The van der Waals surface area contributed by atoms with Crippen LogP contribution in [0.3, 0.4) is 0 Å². The number of carboxylic acids is 2. The van der Waals surface area contributed by atoms with Crippen molar-refractivity contribution in [3.8, 4) is 0 Å². The van der Waals surface area contributed by atoms with Crippen molar-refractivity contribution in [2.75, 3.05) is 12.3 Å². The average Bonchev–Trinajstić information content (AvgIpc) is 1.96. The van der Waals surface area contributed by atoms with Gasteiger partial charge in [0.1, 0.15) is 5.25 Å². The molecule has 0 amide bonds. The molecule has 0 aromatic heterocycles. The SMILES string of the molecule is Cl.NCCSC(CC(=O)O)C(=O)O. The Morgan fingerprint density at radius 3 is 2.23 bits per heavy atom. The molecule has 0 fully saturated rings. The highest BCUT2D eigenvalue weighted by Gasteiger charge is 2.20. The Kier molecular flexibility index (Phi) is 9.43. The van der Waals surface area contributed by atoms with Gasteiger partial charge in [0.05, 0.1) is 6.42 Å². The Morgan fingerprint density at radius 2 is 1.92 bits per heavy atom. The summed E-state index contributed by atoms with van der Waals surface area (Å²) in [5.74, 6) is -1.74. The van der Waals surface area contributed by atoms with Crippen LogP contribution >= 0.6 is 24.2 Å². The van der Waals surface area contributed by atoms with Crippen LogP contribution in [0.4, 0.5) is 0 Å². The lowest BCUT2D eigenvalue weighted by Crippen LogP contribution is -2.21. The number of carbonyl (C=O) groups is 2. The summed E-state index contributed by atoms with van der Waals surface area (Å²) in [6.07, 6.45) is -0.361. The Morgan fingerprint density at radius 1 is 1.38 bits per heavy atom. The lowest BCUT2D eigenvalue weighted by atomic mass is 10.3. The number of thioether (sulfide) groups is 1. The molecule has 0 aliphatic rings. The van der Waals surface area contributed by atoms with Crippen molar-refractivity contribution in [2.24, 2.45) is 5.73 Å². The van der Waals surface area contributed by atoms with Crippen LogP contribution in [0.2, 0.25) is 0 Å². The third-order valence-corrected chi connectivity index (χ3v) is 2.31. The van der Waals surface area contributed by atoms with E-state index in [1.54, 1.807) is 0 Å². The minimum absolute atomic E-state index is 0. The lowest BCUT2D eigenvalue weighted by molar-refractivity contribution is -0.142. The molecule has 0 aliphatic carbocycles. The standard InChI is InChI=1S/C6H11NO4S.ClH/c7-1-2-12-4(6(10)11)3-5(8)9;/h4H,1-3,7H2,(H,8,9)(H,10,11);1H. The first-order valence-electron chi connectivity index (χ1n) is 3.34. The number of hydrogen-bond acceptors (Lipinski definition) is 4. The summed E-state index contributed by atoms with van der Waals surface area (Å²) < 4.78 is 0. The average molecular weight is 230 g/mol. The van der Waals surface area contributed by atoms with E-state index >= 15 is 0 Å². The van der Waals surface area contributed by atoms with Crippen LogP contribution in [0.5, 0.6) is 0 Å². The largest absolute Gasteiger partial charge is 0.481 e. The van der Waals surface area contributed by atoms with Gasteiger partial charge in [0.2, 0.25) is 0 Å². The van der Waals surface area contributed by atoms with Gasteiger partial charge < -0.3 is 15.9 Å². The fourth-order valence-corrected chi connectivity index (χ4v) is 1.41. The van der Waals surface area contributed by atoms with Crippen LogP contribution in [0.15, 0.2) is 0 Å². The Balaban J connectivity index is 0. The van der Waals surface area contributed by atoms with E-state index in [1.165, 1.54) is 0 Å². The normalized spacial score (nSPS) is 11.5. The first-order chi connectivity index (χ1) is 5.57. The zero-order valence-electron chi connectivity index (χ0n) is 6.80. The molecule has 0 aromatic carbocycles. The van der Waals surface area contributed by atoms with Crippen LogP contribution in [0.1, 0.15) is 6.42 Å². The van der Waals surface area contributed by atoms with Gasteiger partial charge in [-0.2, -0.15) is 0 Å². The zero-order chi connectivity index (χ0) is 9.56. The van der Waals surface area contributed by atoms with Crippen molar-refractivity contribution in [3.05, 3.63) is 0 Å². The summed E-state index contributed by atoms with van der Waals surface area (Å²) in [7, 11) is 0. The van der Waals surface area contributed by atoms with Gasteiger partial charge in [-0.05, 0) is 0 Å². The van der Waals surface area contributed by atoms with Crippen molar-refractivity contribution in [3.63, 3.8) is 0 Å². The van der Waals surface area contributed by atoms with Crippen LogP contribution in [0, 0.1) is 0 Å². The number of carboxylic acid groups (broad SMARTS) is 2. The number of rotatable bonds is 6. The summed E-state index contributed by atoms with van der Waals surface area (Å²) in [4.78, 5) is 20.6. The topological polar surface area (TPSA) is 101 Å². The Hall–Kier alpha value is -0.460. The molecule has 4 N–H and O–H groups in total. The quantitative estimate of drug-likeness (QED) is 0.594. The molecule has 0 radical (unpaired) electrons. The number of nitrogens with two attached hydrogens (primary N) is 1. The molecule has 0 rings (SSSR count). The predicted molar refractivity (Wildman–Crippen MR) is 52.4 cm³/mol. The maximum atomic E-state index is 10.4. The minimum Gasteiger partial charge on any atom is -0.481 e. The molecule has 1 atom stereocenters. The molecule has 0 heterocycles. The van der Waals surface area contributed by atoms with Crippen molar-refractivity contribution in [1.29, 1.82) is 0 Å². The molecule has 0 spiro atoms. The van der Waals surface area contributed by atoms with E-state index in [1.807, 2.05) is 0 Å². The first kappa shape index (κ1) is 15.0. The van der Waals surface area contributed by atoms with Crippen LogP contribution in [0.25, 0.3) is 0 Å². The molecule has 13 heavy (non-hydrogen) atoms. The maximum Gasteiger partial charge on any atom is 0.317 e. The van der Waals surface area contributed by atoms with Gasteiger partial charge in [0.15, 0.2) is 0 Å². The summed E-state index contributed by atoms with van der Waals surface area (Å²) in [6.45, 7) is 0.355. The van der Waals surface area contributed by atoms with Crippen molar-refractivity contribution in [1.82, 2.24) is 0 Å². The number of hydrogen-bond donors (Lipinski definition) is 3. The molecule has 0 aliphatic heterocycles. The van der Waals surface area contributed by atoms with Crippen molar-refractivity contribution >= 4 is 36.1 Å². The van der Waals surface area contributed by atoms with E-state index in [-0.39, 0.29) is 18.8 Å². The fraction of sp³-hybridized carbons (Fsp3) is 0.667. The van der Waals surface area contributed by atoms with Gasteiger partial charge in [-0.15, -0.1) is 24.2 Å². The second-order valence-corrected chi connectivity index (χ2v) is 3.39. The van der Waals surface area contributed by atoms with E-state index < -0.39 is 17.2 Å². The molecule has 1 unspecified atom stereocenters. The Labute approximate surface area is 86.1 Å². The van der Waals surface area contributed by atoms with Crippen LogP contribution in [-0.4, -0.2) is 39.7 Å². The maximum absolute atomic E-state index is 10.4. The van der Waals surface area contributed by atoms with Crippen LogP contribution < -0.4 is 5.73 Å². The van der Waals surface area contributed by atoms with Gasteiger partial charge in [-0.3, -0.25) is 9.59 Å². The van der Waals surface area contributed by atoms with Gasteiger partial charge >= 0.3 is 11.9 Å². The van der Waals surface area contributed by atoms with Gasteiger partial charge in [-0.1, -0.05) is 0 Å². The molecule has 0 aromatic rings. The van der Waals surface area contributed by atoms with Gasteiger partial charge in [-0.25, -0.2) is 0 Å². The number of aliphatic carboxylic acids is 2. The summed E-state index contributed by atoms with van der Waals surface area (Å²) in [5.41, 5.74) is 5.15. The van der Waals surface area contributed by atoms with Gasteiger partial charge in [0, 0.05) is 12.3 Å².